The number of carbonyl (C=O) groups is 4. The van der Waals surface area contributed by atoms with Crippen molar-refractivity contribution in [3.8, 4) is 0 Å². The van der Waals surface area contributed by atoms with Crippen molar-refractivity contribution in [2.75, 3.05) is 25.1 Å². The number of β-lactam (4-membered cyclic amide) rings is 1. The molecule has 0 radical (unpaired) electrons. The Bertz CT molecular complexity index is 1370. The van der Waals surface area contributed by atoms with E-state index in [9.17, 15) is 29.4 Å². The number of anilines is 1. The van der Waals surface area contributed by atoms with Gasteiger partial charge in [-0.25, -0.2) is 9.78 Å². The summed E-state index contributed by atoms with van der Waals surface area (Å²) in [6.45, 7) is 4.83. The van der Waals surface area contributed by atoms with Crippen LogP contribution in [0.15, 0.2) is 45.1 Å². The molecule has 40 heavy (non-hydrogen) atoms. The number of carboxylic acids is 2. The fourth-order valence-electron chi connectivity index (χ4n) is 3.87. The van der Waals surface area contributed by atoms with E-state index in [1.807, 2.05) is 30.3 Å². The molecule has 16 heteroatoms. The maximum Gasteiger partial charge on any atom is 0.350 e. The molecule has 4 heterocycles. The Kier molecular flexibility index (Phi) is 8.23. The molecule has 3 atom stereocenters. The Balaban J connectivity index is 1.53. The highest BCUT2D eigenvalue weighted by Gasteiger charge is 2.55. The van der Waals surface area contributed by atoms with Crippen LogP contribution in [-0.4, -0.2) is 92.7 Å². The Hall–Kier alpha value is -3.89. The van der Waals surface area contributed by atoms with E-state index >= 15 is 0 Å². The van der Waals surface area contributed by atoms with E-state index in [1.165, 1.54) is 31.0 Å². The lowest BCUT2D eigenvalue weighted by Gasteiger charge is -2.52. The van der Waals surface area contributed by atoms with Crippen LogP contribution in [0.3, 0.4) is 0 Å². The lowest BCUT2D eigenvalue weighted by atomic mass is 9.96. The second-order valence-corrected chi connectivity index (χ2v) is 11.5. The number of fused-ring (bicyclic) bond motifs is 1. The number of oxime groups is 1. The maximum atomic E-state index is 13.2. The smallest absolute Gasteiger partial charge is 0.350 e. The van der Waals surface area contributed by atoms with Crippen molar-refractivity contribution in [1.29, 1.82) is 0 Å². The van der Waals surface area contributed by atoms with Crippen LogP contribution in [0.2, 0.25) is 0 Å². The first kappa shape index (κ1) is 29.1. The van der Waals surface area contributed by atoms with Gasteiger partial charge in [0, 0.05) is 35.8 Å². The van der Waals surface area contributed by atoms with Gasteiger partial charge < -0.3 is 40.5 Å². The van der Waals surface area contributed by atoms with E-state index < -0.39 is 53.4 Å². The third kappa shape index (κ3) is 5.83. The molecule has 4 rings (SSSR count). The number of ether oxygens (including phenoxy) is 1. The summed E-state index contributed by atoms with van der Waals surface area (Å²) in [7, 11) is 1.93. The maximum absolute atomic E-state index is 13.2. The highest BCUT2D eigenvalue weighted by atomic mass is 32.2. The predicted octanol–water partition coefficient (Wildman–Crippen LogP) is -0.539. The van der Waals surface area contributed by atoms with Crippen molar-refractivity contribution < 1.29 is 39.0 Å². The number of nitrogen functional groups attached to an aromatic ring is 1. The molecule has 14 nitrogen and oxygen atoms in total. The molecule has 1 aromatic rings. The van der Waals surface area contributed by atoms with E-state index in [4.69, 9.17) is 15.3 Å². The third-order valence-corrected chi connectivity index (χ3v) is 8.00. The minimum atomic E-state index is -1.78. The number of nitrogens with one attached hydrogen (secondary N) is 1. The molecule has 0 aliphatic carbocycles. The minimum Gasteiger partial charge on any atom is -0.543 e. The Morgan fingerprint density at radius 1 is 1.43 bits per heavy atom. The lowest BCUT2D eigenvalue weighted by molar-refractivity contribution is -0.304. The van der Waals surface area contributed by atoms with Gasteiger partial charge in [-0.1, -0.05) is 11.2 Å². The second-order valence-electron chi connectivity index (χ2n) is 9.56. The summed E-state index contributed by atoms with van der Waals surface area (Å²) in [4.78, 5) is 62.8. The van der Waals surface area contributed by atoms with Crippen LogP contribution in [0.4, 0.5) is 5.13 Å². The standard InChI is InChI=1S/C24H28N6O8S2/c1-11-13(9-39-12-5-7-29(4)8-6-12)17(21(33)34)30-19(32)16(20(30)37-11)27-18(31)15(14-10-40-23(25)26-14)28-38-24(2,3)22(35)36/h5-7,10-11,16,20H,8-9H2,1-4H3,(H2,25,26)(H,27,31)(H,33,34)(H,35,36)/p-1/b28-15+/t11-,16+,20+/m0/s1. The predicted molar refractivity (Wildman–Crippen MR) is 143 cm³/mol. The molecule has 3 aliphatic heterocycles. The number of allylic oxidation sites excluding steroid dienone is 1. The van der Waals surface area contributed by atoms with E-state index in [1.54, 1.807) is 6.92 Å². The number of carboxylic acid groups (broad SMARTS) is 2. The zero-order chi connectivity index (χ0) is 29.4. The first-order chi connectivity index (χ1) is 18.8. The summed E-state index contributed by atoms with van der Waals surface area (Å²) in [5.41, 5.74) is 3.54. The van der Waals surface area contributed by atoms with Gasteiger partial charge >= 0.3 is 5.97 Å². The van der Waals surface area contributed by atoms with Crippen molar-refractivity contribution >= 4 is 57.7 Å². The van der Waals surface area contributed by atoms with Crippen LogP contribution < -0.4 is 16.2 Å². The number of nitrogens with two attached hydrogens (primary N) is 1. The lowest BCUT2D eigenvalue weighted by Crippen LogP contribution is -2.74. The van der Waals surface area contributed by atoms with Gasteiger partial charge in [-0.2, -0.15) is 0 Å². The summed E-state index contributed by atoms with van der Waals surface area (Å²) >= 11 is 2.42. The van der Waals surface area contributed by atoms with Crippen molar-refractivity contribution in [2.45, 2.75) is 44.7 Å². The number of amides is 2. The molecule has 214 valence electrons. The van der Waals surface area contributed by atoms with E-state index in [-0.39, 0.29) is 22.3 Å². The Morgan fingerprint density at radius 2 is 2.15 bits per heavy atom. The molecule has 0 unspecified atom stereocenters. The molecule has 2 amide bonds. The summed E-state index contributed by atoms with van der Waals surface area (Å²) in [5.74, 6) is -4.28. The number of hydrogen-bond donors (Lipinski definition) is 3. The van der Waals surface area contributed by atoms with Crippen LogP contribution in [0.1, 0.15) is 26.5 Å². The largest absolute Gasteiger partial charge is 0.543 e. The number of thioether (sulfide) groups is 1. The molecular weight excluding hydrogens is 564 g/mol. The fourth-order valence-corrected chi connectivity index (χ4v) is 5.46. The molecule has 3 aliphatic rings. The van der Waals surface area contributed by atoms with Gasteiger partial charge in [-0.05, 0) is 32.4 Å². The van der Waals surface area contributed by atoms with Gasteiger partial charge in [-0.3, -0.25) is 14.5 Å². The first-order valence-electron chi connectivity index (χ1n) is 12.0. The number of aliphatic carboxylic acids is 2. The highest BCUT2D eigenvalue weighted by Crippen LogP contribution is 2.38. The molecule has 0 spiro atoms. The van der Waals surface area contributed by atoms with Gasteiger partial charge in [0.25, 0.3) is 11.8 Å². The van der Waals surface area contributed by atoms with Crippen LogP contribution in [0.25, 0.3) is 0 Å². The number of hydrogen-bond acceptors (Lipinski definition) is 13. The number of nitrogens with zero attached hydrogens (tertiary/aromatic N) is 4. The van der Waals surface area contributed by atoms with Gasteiger partial charge in [0.05, 0.1) is 17.8 Å². The van der Waals surface area contributed by atoms with Crippen LogP contribution in [-0.2, 0) is 28.8 Å². The van der Waals surface area contributed by atoms with Crippen LogP contribution in [0, 0.1) is 0 Å². The summed E-state index contributed by atoms with van der Waals surface area (Å²) < 4.78 is 5.95. The van der Waals surface area contributed by atoms with E-state index in [0.717, 1.165) is 21.1 Å². The molecule has 0 saturated carbocycles. The van der Waals surface area contributed by atoms with Crippen molar-refractivity contribution in [3.05, 3.63) is 45.6 Å². The molecule has 0 bridgehead atoms. The molecular formula is C24H27N6O8S2-. The number of likely N-dealkylation sites (N-methyl/N-ethyl adjacent to an activating group) is 1. The second kappa shape index (κ2) is 11.3. The molecule has 1 aromatic heterocycles. The number of rotatable bonds is 10. The van der Waals surface area contributed by atoms with Crippen molar-refractivity contribution in [3.63, 3.8) is 0 Å². The number of carbonyl (C=O) groups excluding carboxylic acids is 3. The number of aromatic nitrogens is 1. The van der Waals surface area contributed by atoms with Crippen LogP contribution in [0.5, 0.6) is 0 Å². The quantitative estimate of drug-likeness (QED) is 0.179. The SMILES string of the molecule is C[C@@H]1O[C@@H]2[C@H](NC(=O)/C(=N/OC(C)(C)C(=O)O)c3csc(N)n3)C(=O)N2C(C(=O)[O-])=C1CSC1=CCN(C)C=C1. The summed E-state index contributed by atoms with van der Waals surface area (Å²) in [5, 5.41) is 29.1. The summed E-state index contributed by atoms with van der Waals surface area (Å²) in [6.07, 6.45) is 3.99. The summed E-state index contributed by atoms with van der Waals surface area (Å²) in [6, 6.07) is -1.26. The minimum absolute atomic E-state index is 0.00496. The van der Waals surface area contributed by atoms with Gasteiger partial charge in [0.15, 0.2) is 23.1 Å². The first-order valence-corrected chi connectivity index (χ1v) is 13.8. The third-order valence-electron chi connectivity index (χ3n) is 6.23. The fraction of sp³-hybridized carbons (Fsp3) is 0.417. The van der Waals surface area contributed by atoms with Crippen molar-refractivity contribution in [2.24, 2.45) is 5.16 Å². The molecule has 4 N–H and O–H groups in total. The monoisotopic (exact) mass is 591 g/mol. The van der Waals surface area contributed by atoms with Gasteiger partial charge in [0.2, 0.25) is 5.60 Å². The Labute approximate surface area is 237 Å². The van der Waals surface area contributed by atoms with Crippen LogP contribution >= 0.6 is 23.1 Å². The normalized spacial score (nSPS) is 22.9. The van der Waals surface area contributed by atoms with Gasteiger partial charge in [0.1, 0.15) is 5.69 Å². The van der Waals surface area contributed by atoms with Gasteiger partial charge in [-0.15, -0.1) is 23.1 Å². The van der Waals surface area contributed by atoms with E-state index in [0.29, 0.717) is 12.1 Å². The van der Waals surface area contributed by atoms with E-state index in [2.05, 4.69) is 15.5 Å². The molecule has 0 aromatic carbocycles. The van der Waals surface area contributed by atoms with Crippen molar-refractivity contribution in [1.82, 2.24) is 20.1 Å². The average Bonchev–Trinajstić information content (AvgIpc) is 3.32. The molecule has 1 fully saturated rings. The average molecular weight is 592 g/mol. The zero-order valence-corrected chi connectivity index (χ0v) is 23.6. The number of thiazole rings is 1. The Morgan fingerprint density at radius 3 is 2.73 bits per heavy atom. The molecule has 1 saturated heterocycles. The zero-order valence-electron chi connectivity index (χ0n) is 21.9. The topological polar surface area (TPSA) is 200 Å². The highest BCUT2D eigenvalue weighted by molar-refractivity contribution is 8.03.